The van der Waals surface area contributed by atoms with E-state index >= 15 is 0 Å². The lowest BCUT2D eigenvalue weighted by Gasteiger charge is -2.33. The number of amides is 2. The molecule has 0 bridgehead atoms. The maximum Gasteiger partial charge on any atom is 0.329 e. The molecule has 2 heterocycles. The van der Waals surface area contributed by atoms with Gasteiger partial charge in [-0.3, -0.25) is 4.79 Å². The Hall–Kier alpha value is -2.09. The predicted octanol–water partition coefficient (Wildman–Crippen LogP) is 2.14. The molecule has 0 spiro atoms. The van der Waals surface area contributed by atoms with E-state index in [-0.39, 0.29) is 24.7 Å². The van der Waals surface area contributed by atoms with Crippen LogP contribution in [0.4, 0.5) is 10.6 Å². The molecule has 0 aromatic carbocycles. The molecule has 0 radical (unpaired) electrons. The van der Waals surface area contributed by atoms with Crippen molar-refractivity contribution in [2.75, 3.05) is 18.6 Å². The molecule has 0 aliphatic carbocycles. The van der Waals surface area contributed by atoms with Crippen molar-refractivity contribution in [3.8, 4) is 0 Å². The number of esters is 1. The Kier molecular flexibility index (Phi) is 4.93. The van der Waals surface area contributed by atoms with Gasteiger partial charge in [-0.2, -0.15) is 0 Å². The summed E-state index contributed by atoms with van der Waals surface area (Å²) < 4.78 is 15.4. The van der Waals surface area contributed by atoms with E-state index in [1.807, 2.05) is 20.8 Å². The molecule has 128 valence electrons. The molecule has 1 fully saturated rings. The molecular formula is C15H23N3O5. The van der Waals surface area contributed by atoms with Crippen LogP contribution in [0.15, 0.2) is 10.6 Å². The third-order valence-electron chi connectivity index (χ3n) is 4.04. The molecular weight excluding hydrogens is 302 g/mol. The fourth-order valence-electron chi connectivity index (χ4n) is 2.42. The zero-order chi connectivity index (χ0) is 17.2. The maximum atomic E-state index is 12.8. The van der Waals surface area contributed by atoms with E-state index in [9.17, 15) is 9.59 Å². The number of nitrogens with zero attached hydrogens (tertiary/aromatic N) is 3. The molecule has 1 unspecified atom stereocenters. The predicted molar refractivity (Wildman–Crippen MR) is 81.7 cm³/mol. The number of rotatable bonds is 6. The van der Waals surface area contributed by atoms with Crippen molar-refractivity contribution in [2.45, 2.75) is 52.5 Å². The highest BCUT2D eigenvalue weighted by molar-refractivity contribution is 5.94. The van der Waals surface area contributed by atoms with Crippen LogP contribution >= 0.6 is 0 Å². The van der Waals surface area contributed by atoms with E-state index in [2.05, 4.69) is 5.16 Å². The minimum absolute atomic E-state index is 0.247. The molecule has 1 atom stereocenters. The van der Waals surface area contributed by atoms with Gasteiger partial charge in [0.05, 0.1) is 6.54 Å². The minimum Gasteiger partial charge on any atom is -0.439 e. The number of carbonyl (C=O) groups is 2. The molecule has 2 rings (SSSR count). The van der Waals surface area contributed by atoms with Gasteiger partial charge in [0.1, 0.15) is 6.61 Å². The summed E-state index contributed by atoms with van der Waals surface area (Å²) in [7, 11) is 1.54. The van der Waals surface area contributed by atoms with E-state index < -0.39 is 12.2 Å². The van der Waals surface area contributed by atoms with E-state index in [1.165, 1.54) is 18.9 Å². The van der Waals surface area contributed by atoms with Crippen LogP contribution in [0.1, 0.15) is 39.9 Å². The Labute approximate surface area is 135 Å². The molecule has 2 amide bonds. The smallest absolute Gasteiger partial charge is 0.329 e. The van der Waals surface area contributed by atoms with Crippen molar-refractivity contribution in [1.29, 1.82) is 0 Å². The second-order valence-corrected chi connectivity index (χ2v) is 6.08. The van der Waals surface area contributed by atoms with Gasteiger partial charge in [-0.1, -0.05) is 12.1 Å². The van der Waals surface area contributed by atoms with Crippen LogP contribution < -0.4 is 4.90 Å². The Morgan fingerprint density at radius 1 is 1.52 bits per heavy atom. The van der Waals surface area contributed by atoms with Gasteiger partial charge in [0.2, 0.25) is 6.23 Å². The second kappa shape index (κ2) is 6.57. The SMILES string of the molecule is CCC(C)(C)N1CC(OC(C)=O)N(c2cc(COC)on2)C1=O. The van der Waals surface area contributed by atoms with Gasteiger partial charge in [0.25, 0.3) is 0 Å². The van der Waals surface area contributed by atoms with Crippen LogP contribution in [-0.4, -0.2) is 47.5 Å². The average Bonchev–Trinajstić information content (AvgIpc) is 3.04. The summed E-state index contributed by atoms with van der Waals surface area (Å²) in [6.45, 7) is 7.79. The number of hydrogen-bond acceptors (Lipinski definition) is 6. The number of ether oxygens (including phenoxy) is 2. The molecule has 0 saturated carbocycles. The zero-order valence-corrected chi connectivity index (χ0v) is 14.2. The van der Waals surface area contributed by atoms with Crippen molar-refractivity contribution < 1.29 is 23.6 Å². The van der Waals surface area contributed by atoms with Crippen molar-refractivity contribution in [3.63, 3.8) is 0 Å². The first-order valence-electron chi connectivity index (χ1n) is 7.52. The summed E-state index contributed by atoms with van der Waals surface area (Å²) in [5, 5.41) is 3.90. The summed E-state index contributed by atoms with van der Waals surface area (Å²) in [5.74, 6) is 0.345. The van der Waals surface area contributed by atoms with E-state index in [4.69, 9.17) is 14.0 Å². The lowest BCUT2D eigenvalue weighted by Crippen LogP contribution is -2.46. The first-order valence-corrected chi connectivity index (χ1v) is 7.52. The van der Waals surface area contributed by atoms with Gasteiger partial charge in [-0.15, -0.1) is 0 Å². The molecule has 23 heavy (non-hydrogen) atoms. The third-order valence-corrected chi connectivity index (χ3v) is 4.04. The Morgan fingerprint density at radius 3 is 2.78 bits per heavy atom. The van der Waals surface area contributed by atoms with Crippen LogP contribution in [0, 0.1) is 0 Å². The molecule has 1 aromatic rings. The van der Waals surface area contributed by atoms with Crippen LogP contribution in [0.2, 0.25) is 0 Å². The van der Waals surface area contributed by atoms with Crippen LogP contribution in [-0.2, 0) is 20.9 Å². The van der Waals surface area contributed by atoms with E-state index in [0.29, 0.717) is 11.6 Å². The largest absolute Gasteiger partial charge is 0.439 e. The van der Waals surface area contributed by atoms with Gasteiger partial charge >= 0.3 is 12.0 Å². The lowest BCUT2D eigenvalue weighted by molar-refractivity contribution is -0.145. The monoisotopic (exact) mass is 325 g/mol. The summed E-state index contributed by atoms with van der Waals surface area (Å²) in [6.07, 6.45) is 0.0407. The lowest BCUT2D eigenvalue weighted by atomic mass is 10.0. The summed E-state index contributed by atoms with van der Waals surface area (Å²) in [5.41, 5.74) is -0.358. The minimum atomic E-state index is -0.730. The summed E-state index contributed by atoms with van der Waals surface area (Å²) >= 11 is 0. The zero-order valence-electron chi connectivity index (χ0n) is 14.2. The first-order chi connectivity index (χ1) is 10.8. The molecule has 1 aliphatic heterocycles. The number of anilines is 1. The standard InChI is InChI=1S/C15H23N3O5/c1-6-15(3,4)17-8-13(22-10(2)19)18(14(17)20)12-7-11(9-21-5)23-16-12/h7,13H,6,8-9H2,1-5H3. The third kappa shape index (κ3) is 3.47. The number of hydrogen-bond donors (Lipinski definition) is 0. The van der Waals surface area contributed by atoms with Crippen LogP contribution in [0.3, 0.4) is 0 Å². The highest BCUT2D eigenvalue weighted by atomic mass is 16.6. The average molecular weight is 325 g/mol. The molecule has 1 aromatic heterocycles. The Morgan fingerprint density at radius 2 is 2.22 bits per heavy atom. The number of aromatic nitrogens is 1. The van der Waals surface area contributed by atoms with Crippen molar-refractivity contribution in [1.82, 2.24) is 10.1 Å². The highest BCUT2D eigenvalue weighted by Crippen LogP contribution is 2.31. The van der Waals surface area contributed by atoms with Crippen molar-refractivity contribution >= 4 is 17.8 Å². The summed E-state index contributed by atoms with van der Waals surface area (Å²) in [4.78, 5) is 27.2. The molecule has 8 nitrogen and oxygen atoms in total. The van der Waals surface area contributed by atoms with Gasteiger partial charge < -0.3 is 18.9 Å². The van der Waals surface area contributed by atoms with Gasteiger partial charge in [0.15, 0.2) is 11.6 Å². The maximum absolute atomic E-state index is 12.8. The second-order valence-electron chi connectivity index (χ2n) is 6.08. The number of urea groups is 1. The van der Waals surface area contributed by atoms with Gasteiger partial charge in [-0.05, 0) is 20.3 Å². The van der Waals surface area contributed by atoms with Gasteiger partial charge in [-0.25, -0.2) is 9.69 Å². The number of methoxy groups -OCH3 is 1. The normalized spacial score (nSPS) is 18.7. The summed E-state index contributed by atoms with van der Waals surface area (Å²) in [6, 6.07) is 1.35. The number of carbonyl (C=O) groups excluding carboxylic acids is 2. The Balaban J connectivity index is 2.32. The molecule has 1 saturated heterocycles. The highest BCUT2D eigenvalue weighted by Gasteiger charge is 2.46. The van der Waals surface area contributed by atoms with Crippen LogP contribution in [0.25, 0.3) is 0 Å². The van der Waals surface area contributed by atoms with E-state index in [0.717, 1.165) is 6.42 Å². The molecule has 1 aliphatic rings. The Bertz CT molecular complexity index is 583. The first kappa shape index (κ1) is 17.3. The fraction of sp³-hybridized carbons (Fsp3) is 0.667. The van der Waals surface area contributed by atoms with Gasteiger partial charge in [0, 0.05) is 25.6 Å². The van der Waals surface area contributed by atoms with E-state index in [1.54, 1.807) is 11.0 Å². The van der Waals surface area contributed by atoms with Crippen molar-refractivity contribution in [2.24, 2.45) is 0 Å². The van der Waals surface area contributed by atoms with Crippen molar-refractivity contribution in [3.05, 3.63) is 11.8 Å². The fourth-order valence-corrected chi connectivity index (χ4v) is 2.42. The quantitative estimate of drug-likeness (QED) is 0.745. The topological polar surface area (TPSA) is 85.1 Å². The molecule has 8 heteroatoms. The van der Waals surface area contributed by atoms with Crippen LogP contribution in [0.5, 0.6) is 0 Å². The molecule has 0 N–H and O–H groups in total.